The number of carbonyl (C=O) groups excluding carboxylic acids is 1. The zero-order valence-electron chi connectivity index (χ0n) is 12.9. The highest BCUT2D eigenvalue weighted by atomic mass is 16.4. The second-order valence-electron chi connectivity index (χ2n) is 5.47. The summed E-state index contributed by atoms with van der Waals surface area (Å²) in [4.78, 5) is 42.4. The summed E-state index contributed by atoms with van der Waals surface area (Å²) in [5.74, 6) is -0.948. The number of H-pyrrole nitrogens is 1. The van der Waals surface area contributed by atoms with Crippen molar-refractivity contribution in [2.75, 3.05) is 5.32 Å². The molecule has 1 amide bonds. The summed E-state index contributed by atoms with van der Waals surface area (Å²) in [6.45, 7) is -0.170. The van der Waals surface area contributed by atoms with Gasteiger partial charge in [-0.3, -0.25) is 19.1 Å². The van der Waals surface area contributed by atoms with Crippen LogP contribution in [0.4, 0.5) is 5.69 Å². The first-order chi connectivity index (χ1) is 12.1. The summed E-state index contributed by atoms with van der Waals surface area (Å²) in [5, 5.41) is 3.13. The molecule has 0 fully saturated rings. The van der Waals surface area contributed by atoms with Crippen LogP contribution in [0, 0.1) is 0 Å². The summed E-state index contributed by atoms with van der Waals surface area (Å²) in [7, 11) is 0. The number of hydrogen-bond acceptors (Lipinski definition) is 5. The Morgan fingerprint density at radius 1 is 1.20 bits per heavy atom. The van der Waals surface area contributed by atoms with Crippen LogP contribution in [0.25, 0.3) is 22.0 Å². The fourth-order valence-corrected chi connectivity index (χ4v) is 2.60. The van der Waals surface area contributed by atoms with E-state index in [1.165, 1.54) is 10.9 Å². The molecule has 4 aromatic rings. The van der Waals surface area contributed by atoms with Gasteiger partial charge in [-0.2, -0.15) is 0 Å². The van der Waals surface area contributed by atoms with Gasteiger partial charge in [0.15, 0.2) is 5.58 Å². The van der Waals surface area contributed by atoms with E-state index in [0.717, 1.165) is 0 Å². The van der Waals surface area contributed by atoms with Gasteiger partial charge >= 0.3 is 5.76 Å². The summed E-state index contributed by atoms with van der Waals surface area (Å²) < 4.78 is 6.15. The molecule has 8 nitrogen and oxygen atoms in total. The van der Waals surface area contributed by atoms with E-state index >= 15 is 0 Å². The van der Waals surface area contributed by atoms with Crippen LogP contribution >= 0.6 is 0 Å². The highest BCUT2D eigenvalue weighted by Gasteiger charge is 2.09. The quantitative estimate of drug-likeness (QED) is 0.589. The molecule has 8 heteroatoms. The molecule has 2 heterocycles. The normalized spacial score (nSPS) is 11.0. The van der Waals surface area contributed by atoms with Crippen molar-refractivity contribution in [3.63, 3.8) is 0 Å². The van der Waals surface area contributed by atoms with E-state index in [9.17, 15) is 14.4 Å². The molecular weight excluding hydrogens is 324 g/mol. The van der Waals surface area contributed by atoms with Crippen molar-refractivity contribution < 1.29 is 9.21 Å². The third kappa shape index (κ3) is 2.80. The van der Waals surface area contributed by atoms with Crippen LogP contribution in [0.3, 0.4) is 0 Å². The van der Waals surface area contributed by atoms with Crippen LogP contribution in [0.1, 0.15) is 0 Å². The van der Waals surface area contributed by atoms with Crippen LogP contribution in [-0.2, 0) is 11.3 Å². The fourth-order valence-electron chi connectivity index (χ4n) is 2.60. The van der Waals surface area contributed by atoms with Crippen molar-refractivity contribution in [1.29, 1.82) is 0 Å². The molecule has 124 valence electrons. The lowest BCUT2D eigenvalue weighted by atomic mass is 10.2. The first kappa shape index (κ1) is 14.9. The number of nitrogens with one attached hydrogen (secondary N) is 2. The van der Waals surface area contributed by atoms with Crippen LogP contribution in [-0.4, -0.2) is 20.4 Å². The number of amides is 1. The maximum absolute atomic E-state index is 12.4. The second kappa shape index (κ2) is 5.75. The molecular formula is C17H12N4O4. The predicted molar refractivity (Wildman–Crippen MR) is 91.5 cm³/mol. The maximum Gasteiger partial charge on any atom is 0.417 e. The van der Waals surface area contributed by atoms with Gasteiger partial charge < -0.3 is 9.73 Å². The third-order valence-corrected chi connectivity index (χ3v) is 3.75. The standard InChI is InChI=1S/C17H12N4O4/c22-15(19-10-5-6-14-13(7-10)20-17(24)25-14)8-21-9-18-12-4-2-1-3-11(12)16(21)23/h1-7,9H,8H2,(H,19,22)(H,20,24). The van der Waals surface area contributed by atoms with Gasteiger partial charge in [0.2, 0.25) is 5.91 Å². The van der Waals surface area contributed by atoms with E-state index in [1.54, 1.807) is 42.5 Å². The van der Waals surface area contributed by atoms with Gasteiger partial charge in [-0.15, -0.1) is 0 Å². The van der Waals surface area contributed by atoms with Gasteiger partial charge in [0.25, 0.3) is 5.56 Å². The number of fused-ring (bicyclic) bond motifs is 2. The first-order valence-corrected chi connectivity index (χ1v) is 7.47. The van der Waals surface area contributed by atoms with E-state index in [1.807, 2.05) is 0 Å². The highest BCUT2D eigenvalue weighted by molar-refractivity contribution is 5.92. The summed E-state index contributed by atoms with van der Waals surface area (Å²) >= 11 is 0. The smallest absolute Gasteiger partial charge is 0.408 e. The number of carbonyl (C=O) groups is 1. The van der Waals surface area contributed by atoms with Crippen molar-refractivity contribution >= 4 is 33.6 Å². The topological polar surface area (TPSA) is 110 Å². The van der Waals surface area contributed by atoms with Gasteiger partial charge in [-0.05, 0) is 30.3 Å². The molecule has 2 N–H and O–H groups in total. The average Bonchev–Trinajstić information content (AvgIpc) is 2.97. The Morgan fingerprint density at radius 2 is 2.04 bits per heavy atom. The summed E-state index contributed by atoms with van der Waals surface area (Å²) in [6, 6.07) is 11.7. The number of rotatable bonds is 3. The molecule has 0 aliphatic heterocycles. The SMILES string of the molecule is O=C(Cn1cnc2ccccc2c1=O)Nc1ccc2oc(=O)[nH]c2c1. The number of aromatic nitrogens is 3. The molecule has 2 aromatic carbocycles. The Balaban J connectivity index is 1.58. The van der Waals surface area contributed by atoms with E-state index in [-0.39, 0.29) is 18.0 Å². The molecule has 2 aromatic heterocycles. The van der Waals surface area contributed by atoms with E-state index in [2.05, 4.69) is 15.3 Å². The number of nitrogens with zero attached hydrogens (tertiary/aromatic N) is 2. The van der Waals surface area contributed by atoms with Gasteiger partial charge in [-0.1, -0.05) is 12.1 Å². The number of hydrogen-bond donors (Lipinski definition) is 2. The number of para-hydroxylation sites is 1. The Morgan fingerprint density at radius 3 is 2.92 bits per heavy atom. The van der Waals surface area contributed by atoms with Crippen molar-refractivity contribution in [2.45, 2.75) is 6.54 Å². The van der Waals surface area contributed by atoms with E-state index in [4.69, 9.17) is 4.42 Å². The van der Waals surface area contributed by atoms with Gasteiger partial charge in [0.1, 0.15) is 6.54 Å². The molecule has 0 unspecified atom stereocenters. The summed E-state index contributed by atoms with van der Waals surface area (Å²) in [5.41, 5.74) is 1.66. The highest BCUT2D eigenvalue weighted by Crippen LogP contribution is 2.16. The van der Waals surface area contributed by atoms with Crippen LogP contribution in [0.15, 0.2) is 62.8 Å². The Kier molecular flexibility index (Phi) is 3.42. The minimum Gasteiger partial charge on any atom is -0.408 e. The van der Waals surface area contributed by atoms with Crippen molar-refractivity contribution in [3.05, 3.63) is 69.7 Å². The van der Waals surface area contributed by atoms with Crippen molar-refractivity contribution in [2.24, 2.45) is 0 Å². The predicted octanol–water partition coefficient (Wildman–Crippen LogP) is 1.47. The second-order valence-corrected chi connectivity index (χ2v) is 5.47. The molecule has 0 spiro atoms. The molecule has 4 rings (SSSR count). The Bertz CT molecular complexity index is 1220. The molecule has 0 bridgehead atoms. The zero-order valence-corrected chi connectivity index (χ0v) is 12.9. The van der Waals surface area contributed by atoms with Crippen LogP contribution in [0.2, 0.25) is 0 Å². The van der Waals surface area contributed by atoms with E-state index < -0.39 is 5.76 Å². The first-order valence-electron chi connectivity index (χ1n) is 7.47. The maximum atomic E-state index is 12.4. The summed E-state index contributed by atoms with van der Waals surface area (Å²) in [6.07, 6.45) is 1.35. The molecule has 0 radical (unpaired) electrons. The minimum absolute atomic E-state index is 0.170. The van der Waals surface area contributed by atoms with Crippen LogP contribution in [0.5, 0.6) is 0 Å². The minimum atomic E-state index is -0.563. The number of benzene rings is 2. The molecule has 0 atom stereocenters. The Hall–Kier alpha value is -3.68. The molecule has 0 saturated heterocycles. The third-order valence-electron chi connectivity index (χ3n) is 3.75. The largest absolute Gasteiger partial charge is 0.417 e. The lowest BCUT2D eigenvalue weighted by Gasteiger charge is -2.08. The van der Waals surface area contributed by atoms with Crippen LogP contribution < -0.4 is 16.6 Å². The van der Waals surface area contributed by atoms with Gasteiger partial charge in [-0.25, -0.2) is 9.78 Å². The molecule has 25 heavy (non-hydrogen) atoms. The number of aromatic amines is 1. The molecule has 0 aliphatic rings. The van der Waals surface area contributed by atoms with Crippen molar-refractivity contribution in [3.8, 4) is 0 Å². The average molecular weight is 336 g/mol. The number of oxazole rings is 1. The monoisotopic (exact) mass is 336 g/mol. The van der Waals surface area contributed by atoms with Crippen molar-refractivity contribution in [1.82, 2.24) is 14.5 Å². The van der Waals surface area contributed by atoms with Gasteiger partial charge in [0.05, 0.1) is 22.7 Å². The fraction of sp³-hybridized carbons (Fsp3) is 0.0588. The molecule has 0 saturated carbocycles. The lowest BCUT2D eigenvalue weighted by Crippen LogP contribution is -2.27. The molecule has 0 aliphatic carbocycles. The van der Waals surface area contributed by atoms with E-state index in [0.29, 0.717) is 27.7 Å². The number of anilines is 1. The zero-order chi connectivity index (χ0) is 17.4. The lowest BCUT2D eigenvalue weighted by molar-refractivity contribution is -0.116. The Labute approximate surface area is 139 Å². The van der Waals surface area contributed by atoms with Gasteiger partial charge in [0, 0.05) is 5.69 Å².